The molecule has 1 amide bonds. The van der Waals surface area contributed by atoms with Gasteiger partial charge in [-0.3, -0.25) is 9.59 Å². The lowest BCUT2D eigenvalue weighted by Crippen LogP contribution is -2.33. The number of carbonyl (C=O) groups excluding carboxylic acids is 2. The van der Waals surface area contributed by atoms with Crippen LogP contribution in [-0.4, -0.2) is 47.7 Å². The summed E-state index contributed by atoms with van der Waals surface area (Å²) in [4.78, 5) is 25.3. The highest BCUT2D eigenvalue weighted by Crippen LogP contribution is 2.22. The molecule has 1 heterocycles. The van der Waals surface area contributed by atoms with Gasteiger partial charge in [0, 0.05) is 31.4 Å². The molecule has 1 aromatic rings. The zero-order valence-electron chi connectivity index (χ0n) is 18.8. The fourth-order valence-electron chi connectivity index (χ4n) is 3.64. The van der Waals surface area contributed by atoms with Gasteiger partial charge in [-0.1, -0.05) is 62.0 Å². The molecule has 0 aliphatic carbocycles. The summed E-state index contributed by atoms with van der Waals surface area (Å²) in [7, 11) is 1.41. The van der Waals surface area contributed by atoms with Gasteiger partial charge in [-0.2, -0.15) is 0 Å². The van der Waals surface area contributed by atoms with E-state index < -0.39 is 6.10 Å². The number of nitrogens with zero attached hydrogens (tertiary/aromatic N) is 1. The van der Waals surface area contributed by atoms with Crippen molar-refractivity contribution in [3.8, 4) is 11.8 Å². The predicted octanol–water partition coefficient (Wildman–Crippen LogP) is 4.10. The molecular formula is C26H35NO4. The van der Waals surface area contributed by atoms with Crippen molar-refractivity contribution in [2.45, 2.75) is 70.4 Å². The third-order valence-corrected chi connectivity index (χ3v) is 5.68. The second kappa shape index (κ2) is 13.7. The zero-order chi connectivity index (χ0) is 22.5. The average Bonchev–Trinajstić information content (AvgIpc) is 3.14. The number of unbranched alkanes of at least 4 members (excludes halogenated alkanes) is 3. The van der Waals surface area contributed by atoms with Gasteiger partial charge in [0.25, 0.3) is 0 Å². The predicted molar refractivity (Wildman–Crippen MR) is 122 cm³/mol. The van der Waals surface area contributed by atoms with Gasteiger partial charge < -0.3 is 14.7 Å². The van der Waals surface area contributed by atoms with Crippen LogP contribution in [0.2, 0.25) is 0 Å². The number of methoxy groups -OCH3 is 1. The number of carbonyl (C=O) groups is 2. The Hall–Kier alpha value is -2.58. The zero-order valence-corrected chi connectivity index (χ0v) is 18.8. The number of aliphatic hydroxyl groups is 1. The molecule has 1 aliphatic heterocycles. The van der Waals surface area contributed by atoms with E-state index in [4.69, 9.17) is 0 Å². The van der Waals surface area contributed by atoms with Crippen molar-refractivity contribution in [3.63, 3.8) is 0 Å². The van der Waals surface area contributed by atoms with E-state index in [0.29, 0.717) is 19.3 Å². The van der Waals surface area contributed by atoms with Crippen molar-refractivity contribution in [3.05, 3.63) is 48.0 Å². The standard InChI is InChI=1S/C26H35NO4/c1-21(11-10-14-22-12-6-5-7-13-22)24(28)18-16-23-17-19-25(29)27(23)20-9-4-3-8-15-26(30)31-2/h5-7,12-13,16,18,21,23-24,28H,3-4,8-9,11,15,17,19-20H2,1-2H3/t21-,23-,24-/m0/s1. The Balaban J connectivity index is 1.74. The third kappa shape index (κ3) is 8.98. The molecular weight excluding hydrogens is 390 g/mol. The number of ether oxygens (including phenoxy) is 1. The van der Waals surface area contributed by atoms with E-state index in [1.54, 1.807) is 0 Å². The Kier molecular flexibility index (Phi) is 10.9. The summed E-state index contributed by atoms with van der Waals surface area (Å²) >= 11 is 0. The topological polar surface area (TPSA) is 66.8 Å². The van der Waals surface area contributed by atoms with E-state index >= 15 is 0 Å². The van der Waals surface area contributed by atoms with Crippen molar-refractivity contribution in [1.82, 2.24) is 4.90 Å². The van der Waals surface area contributed by atoms with Crippen LogP contribution in [-0.2, 0) is 14.3 Å². The molecule has 0 radical (unpaired) electrons. The van der Waals surface area contributed by atoms with Gasteiger partial charge in [0.15, 0.2) is 0 Å². The van der Waals surface area contributed by atoms with Crippen LogP contribution in [0.1, 0.15) is 63.9 Å². The largest absolute Gasteiger partial charge is 0.469 e. The fraction of sp³-hybridized carbons (Fsp3) is 0.538. The second-order valence-corrected chi connectivity index (χ2v) is 8.16. The molecule has 2 rings (SSSR count). The SMILES string of the molecule is COC(=O)CCCCCCN1C(=O)CC[C@@H]1C=C[C@H](O)[C@@H](C)CC#Cc1ccccc1. The van der Waals surface area contributed by atoms with Crippen LogP contribution in [0.25, 0.3) is 0 Å². The lowest BCUT2D eigenvalue weighted by atomic mass is 9.99. The number of esters is 1. The van der Waals surface area contributed by atoms with Crippen LogP contribution in [0.5, 0.6) is 0 Å². The van der Waals surface area contributed by atoms with Gasteiger partial charge >= 0.3 is 5.97 Å². The Bertz CT molecular complexity index is 778. The van der Waals surface area contributed by atoms with E-state index in [-0.39, 0.29) is 23.8 Å². The molecule has 1 aromatic carbocycles. The maximum Gasteiger partial charge on any atom is 0.305 e. The molecule has 0 unspecified atom stereocenters. The van der Waals surface area contributed by atoms with Crippen LogP contribution in [0.15, 0.2) is 42.5 Å². The maximum absolute atomic E-state index is 12.2. The molecule has 5 nitrogen and oxygen atoms in total. The first-order valence-corrected chi connectivity index (χ1v) is 11.3. The van der Waals surface area contributed by atoms with Gasteiger partial charge in [0.05, 0.1) is 19.3 Å². The molecule has 0 saturated carbocycles. The molecule has 31 heavy (non-hydrogen) atoms. The number of amides is 1. The minimum absolute atomic E-state index is 0.0211. The second-order valence-electron chi connectivity index (χ2n) is 8.16. The summed E-state index contributed by atoms with van der Waals surface area (Å²) in [5.74, 6) is 6.30. The number of rotatable bonds is 11. The van der Waals surface area contributed by atoms with Crippen molar-refractivity contribution in [2.24, 2.45) is 5.92 Å². The third-order valence-electron chi connectivity index (χ3n) is 5.68. The number of hydrogen-bond donors (Lipinski definition) is 1. The normalized spacial score (nSPS) is 18.0. The molecule has 1 N–H and O–H groups in total. The number of benzene rings is 1. The van der Waals surface area contributed by atoms with Gasteiger partial charge in [-0.25, -0.2) is 0 Å². The summed E-state index contributed by atoms with van der Waals surface area (Å²) in [6, 6.07) is 9.88. The highest BCUT2D eigenvalue weighted by Gasteiger charge is 2.28. The lowest BCUT2D eigenvalue weighted by Gasteiger charge is -2.23. The van der Waals surface area contributed by atoms with Gasteiger partial charge in [0.1, 0.15) is 0 Å². The maximum atomic E-state index is 12.2. The minimum atomic E-state index is -0.582. The van der Waals surface area contributed by atoms with Gasteiger partial charge in [-0.05, 0) is 37.3 Å². The van der Waals surface area contributed by atoms with Crippen molar-refractivity contribution in [1.29, 1.82) is 0 Å². The smallest absolute Gasteiger partial charge is 0.305 e. The highest BCUT2D eigenvalue weighted by molar-refractivity contribution is 5.79. The Morgan fingerprint density at radius 3 is 2.74 bits per heavy atom. The quantitative estimate of drug-likeness (QED) is 0.251. The highest BCUT2D eigenvalue weighted by atomic mass is 16.5. The van der Waals surface area contributed by atoms with Crippen molar-refractivity contribution < 1.29 is 19.4 Å². The molecule has 0 bridgehead atoms. The van der Waals surface area contributed by atoms with Crippen LogP contribution in [0.4, 0.5) is 0 Å². The van der Waals surface area contributed by atoms with Gasteiger partial charge in [-0.15, -0.1) is 0 Å². The Labute approximate surface area is 186 Å². The summed E-state index contributed by atoms with van der Waals surface area (Å²) in [5.41, 5.74) is 0.977. The first-order chi connectivity index (χ1) is 15.0. The van der Waals surface area contributed by atoms with Crippen molar-refractivity contribution >= 4 is 11.9 Å². The average molecular weight is 426 g/mol. The fourth-order valence-corrected chi connectivity index (χ4v) is 3.64. The first kappa shape index (κ1) is 24.7. The van der Waals surface area contributed by atoms with Crippen LogP contribution < -0.4 is 0 Å². The molecule has 1 aliphatic rings. The number of likely N-dealkylation sites (tertiary alicyclic amines) is 1. The monoisotopic (exact) mass is 425 g/mol. The van der Waals surface area contributed by atoms with Crippen LogP contribution >= 0.6 is 0 Å². The minimum Gasteiger partial charge on any atom is -0.469 e. The molecule has 168 valence electrons. The lowest BCUT2D eigenvalue weighted by molar-refractivity contribution is -0.140. The summed E-state index contributed by atoms with van der Waals surface area (Å²) in [6.07, 6.45) is 9.32. The molecule has 0 aromatic heterocycles. The van der Waals surface area contributed by atoms with Crippen molar-refractivity contribution in [2.75, 3.05) is 13.7 Å². The van der Waals surface area contributed by atoms with E-state index in [1.807, 2.05) is 54.3 Å². The molecule has 3 atom stereocenters. The molecule has 5 heteroatoms. The van der Waals surface area contributed by atoms with Gasteiger partial charge in [0.2, 0.25) is 5.91 Å². The van der Waals surface area contributed by atoms with E-state index in [0.717, 1.165) is 44.2 Å². The number of aliphatic hydroxyl groups excluding tert-OH is 1. The first-order valence-electron chi connectivity index (χ1n) is 11.3. The summed E-state index contributed by atoms with van der Waals surface area (Å²) in [6.45, 7) is 2.71. The van der Waals surface area contributed by atoms with E-state index in [1.165, 1.54) is 7.11 Å². The molecule has 1 fully saturated rings. The molecule has 0 spiro atoms. The summed E-state index contributed by atoms with van der Waals surface area (Å²) in [5, 5.41) is 10.5. The molecule has 1 saturated heterocycles. The van der Waals surface area contributed by atoms with Crippen LogP contribution in [0, 0.1) is 17.8 Å². The Morgan fingerprint density at radius 1 is 1.26 bits per heavy atom. The van der Waals surface area contributed by atoms with E-state index in [2.05, 4.69) is 16.6 Å². The van der Waals surface area contributed by atoms with Crippen LogP contribution in [0.3, 0.4) is 0 Å². The Morgan fingerprint density at radius 2 is 2.00 bits per heavy atom. The summed E-state index contributed by atoms with van der Waals surface area (Å²) < 4.78 is 4.64. The number of hydrogen-bond acceptors (Lipinski definition) is 4. The van der Waals surface area contributed by atoms with E-state index in [9.17, 15) is 14.7 Å².